The monoisotopic (exact) mass is 332 g/mol. The van der Waals surface area contributed by atoms with Crippen molar-refractivity contribution in [1.82, 2.24) is 15.5 Å². The fraction of sp³-hybridized carbons (Fsp3) is 0.500. The summed E-state index contributed by atoms with van der Waals surface area (Å²) >= 11 is 0. The Labute approximate surface area is 142 Å². The number of morpholine rings is 1. The molecular formula is C18H25FN4O. The van der Waals surface area contributed by atoms with Gasteiger partial charge in [-0.3, -0.25) is 5.10 Å². The second-order valence-corrected chi connectivity index (χ2v) is 6.57. The number of aromatic amines is 1. The predicted molar refractivity (Wildman–Crippen MR) is 92.5 cm³/mol. The summed E-state index contributed by atoms with van der Waals surface area (Å²) in [7, 11) is 0. The topological polar surface area (TPSA) is 53.2 Å². The number of anilines is 1. The first-order chi connectivity index (χ1) is 11.5. The SMILES string of the molecule is Cc1[nH]ncc1CNCc1ccc(N2C[C@@H](C)O[C@@H](C)C2)c(F)c1. The van der Waals surface area contributed by atoms with E-state index < -0.39 is 0 Å². The molecule has 0 bridgehead atoms. The lowest BCUT2D eigenvalue weighted by Crippen LogP contribution is -2.45. The van der Waals surface area contributed by atoms with Crippen molar-refractivity contribution in [2.24, 2.45) is 0 Å². The van der Waals surface area contributed by atoms with E-state index in [0.29, 0.717) is 18.8 Å². The minimum Gasteiger partial charge on any atom is -0.372 e. The molecule has 1 aromatic carbocycles. The van der Waals surface area contributed by atoms with Gasteiger partial charge in [0.25, 0.3) is 0 Å². The van der Waals surface area contributed by atoms with Crippen LogP contribution >= 0.6 is 0 Å². The molecule has 3 rings (SSSR count). The van der Waals surface area contributed by atoms with Crippen LogP contribution in [0.1, 0.15) is 30.7 Å². The number of hydrogen-bond donors (Lipinski definition) is 2. The number of H-pyrrole nitrogens is 1. The number of aromatic nitrogens is 2. The van der Waals surface area contributed by atoms with Crippen molar-refractivity contribution in [1.29, 1.82) is 0 Å². The Balaban J connectivity index is 1.61. The van der Waals surface area contributed by atoms with Crippen LogP contribution in [-0.4, -0.2) is 35.5 Å². The van der Waals surface area contributed by atoms with E-state index in [1.54, 1.807) is 6.07 Å². The Morgan fingerprint density at radius 1 is 1.29 bits per heavy atom. The van der Waals surface area contributed by atoms with Crippen LogP contribution in [0, 0.1) is 12.7 Å². The van der Waals surface area contributed by atoms with Crippen molar-refractivity contribution in [3.63, 3.8) is 0 Å². The summed E-state index contributed by atoms with van der Waals surface area (Å²) in [5.41, 5.74) is 3.78. The van der Waals surface area contributed by atoms with Crippen molar-refractivity contribution in [2.45, 2.75) is 46.1 Å². The number of halogens is 1. The van der Waals surface area contributed by atoms with Crippen molar-refractivity contribution < 1.29 is 9.13 Å². The molecule has 2 atom stereocenters. The Morgan fingerprint density at radius 2 is 2.04 bits per heavy atom. The molecule has 130 valence electrons. The van der Waals surface area contributed by atoms with Crippen molar-refractivity contribution >= 4 is 5.69 Å². The third-order valence-electron chi connectivity index (χ3n) is 4.35. The first-order valence-electron chi connectivity index (χ1n) is 8.41. The second kappa shape index (κ2) is 7.32. The van der Waals surface area contributed by atoms with E-state index in [2.05, 4.69) is 20.4 Å². The van der Waals surface area contributed by atoms with Gasteiger partial charge in [-0.2, -0.15) is 5.10 Å². The van der Waals surface area contributed by atoms with Gasteiger partial charge in [0.2, 0.25) is 0 Å². The minimum atomic E-state index is -0.171. The zero-order chi connectivity index (χ0) is 17.1. The number of hydrogen-bond acceptors (Lipinski definition) is 4. The zero-order valence-electron chi connectivity index (χ0n) is 14.5. The van der Waals surface area contributed by atoms with Crippen molar-refractivity contribution in [3.8, 4) is 0 Å². The van der Waals surface area contributed by atoms with Gasteiger partial charge in [-0.15, -0.1) is 0 Å². The molecule has 1 fully saturated rings. The van der Waals surface area contributed by atoms with Crippen LogP contribution in [0.3, 0.4) is 0 Å². The summed E-state index contributed by atoms with van der Waals surface area (Å²) in [5.74, 6) is -0.171. The highest BCUT2D eigenvalue weighted by atomic mass is 19.1. The van der Waals surface area contributed by atoms with Gasteiger partial charge in [-0.1, -0.05) is 6.07 Å². The molecule has 0 saturated carbocycles. The van der Waals surface area contributed by atoms with Crippen molar-refractivity contribution in [3.05, 3.63) is 47.0 Å². The number of nitrogens with one attached hydrogen (secondary N) is 2. The highest BCUT2D eigenvalue weighted by Crippen LogP contribution is 2.24. The highest BCUT2D eigenvalue weighted by Gasteiger charge is 2.24. The predicted octanol–water partition coefficient (Wildman–Crippen LogP) is 2.76. The summed E-state index contributed by atoms with van der Waals surface area (Å²) in [6, 6.07) is 5.48. The van der Waals surface area contributed by atoms with Crippen LogP contribution in [0.25, 0.3) is 0 Å². The Kier molecular flexibility index (Phi) is 5.16. The van der Waals surface area contributed by atoms with Gasteiger partial charge in [0.05, 0.1) is 24.1 Å². The van der Waals surface area contributed by atoms with E-state index in [1.807, 2.05) is 39.1 Å². The van der Waals surface area contributed by atoms with E-state index >= 15 is 0 Å². The summed E-state index contributed by atoms with van der Waals surface area (Å²) in [6.45, 7) is 8.81. The summed E-state index contributed by atoms with van der Waals surface area (Å²) in [5, 5.41) is 10.2. The summed E-state index contributed by atoms with van der Waals surface area (Å²) in [4.78, 5) is 2.07. The van der Waals surface area contributed by atoms with Gasteiger partial charge in [0.15, 0.2) is 0 Å². The molecule has 5 nitrogen and oxygen atoms in total. The molecule has 0 unspecified atom stereocenters. The molecule has 2 heterocycles. The maximum absolute atomic E-state index is 14.5. The number of ether oxygens (including phenoxy) is 1. The number of rotatable bonds is 5. The molecule has 0 radical (unpaired) electrons. The normalized spacial score (nSPS) is 21.2. The van der Waals surface area contributed by atoms with Crippen LogP contribution < -0.4 is 10.2 Å². The van der Waals surface area contributed by atoms with E-state index in [1.165, 1.54) is 0 Å². The zero-order valence-corrected chi connectivity index (χ0v) is 14.5. The largest absolute Gasteiger partial charge is 0.372 e. The Hall–Kier alpha value is -1.92. The molecule has 0 amide bonds. The van der Waals surface area contributed by atoms with Gasteiger partial charge in [-0.05, 0) is 38.5 Å². The fourth-order valence-corrected chi connectivity index (χ4v) is 3.19. The van der Waals surface area contributed by atoms with Crippen molar-refractivity contribution in [2.75, 3.05) is 18.0 Å². The standard InChI is InChI=1S/C18H25FN4O/c1-12-10-23(11-13(2)24-12)18-5-4-15(6-17(18)19)7-20-8-16-9-21-22-14(16)3/h4-6,9,12-13,20H,7-8,10-11H2,1-3H3,(H,21,22)/t12-,13+. The number of nitrogens with zero attached hydrogens (tertiary/aromatic N) is 2. The average Bonchev–Trinajstić information content (AvgIpc) is 2.92. The first kappa shape index (κ1) is 16.9. The van der Waals surface area contributed by atoms with Crippen LogP contribution in [-0.2, 0) is 17.8 Å². The van der Waals surface area contributed by atoms with Crippen LogP contribution in [0.4, 0.5) is 10.1 Å². The fourth-order valence-electron chi connectivity index (χ4n) is 3.19. The van der Waals surface area contributed by atoms with E-state index in [9.17, 15) is 4.39 Å². The molecule has 1 aliphatic heterocycles. The lowest BCUT2D eigenvalue weighted by atomic mass is 10.1. The molecule has 24 heavy (non-hydrogen) atoms. The second-order valence-electron chi connectivity index (χ2n) is 6.57. The third kappa shape index (κ3) is 3.94. The number of benzene rings is 1. The molecule has 1 saturated heterocycles. The smallest absolute Gasteiger partial charge is 0.146 e. The Bertz CT molecular complexity index is 677. The summed E-state index contributed by atoms with van der Waals surface area (Å²) < 4.78 is 20.2. The quantitative estimate of drug-likeness (QED) is 0.884. The molecule has 2 aromatic rings. The van der Waals surface area contributed by atoms with Gasteiger partial charge in [-0.25, -0.2) is 4.39 Å². The number of aryl methyl sites for hydroxylation is 1. The highest BCUT2D eigenvalue weighted by molar-refractivity contribution is 5.49. The van der Waals surface area contributed by atoms with E-state index in [0.717, 1.165) is 29.9 Å². The third-order valence-corrected chi connectivity index (χ3v) is 4.35. The Morgan fingerprint density at radius 3 is 2.67 bits per heavy atom. The molecule has 6 heteroatoms. The maximum Gasteiger partial charge on any atom is 0.146 e. The minimum absolute atomic E-state index is 0.118. The van der Waals surface area contributed by atoms with Crippen LogP contribution in [0.2, 0.25) is 0 Å². The average molecular weight is 332 g/mol. The lowest BCUT2D eigenvalue weighted by molar-refractivity contribution is -0.00539. The van der Waals surface area contributed by atoms with Gasteiger partial charge in [0.1, 0.15) is 5.82 Å². The van der Waals surface area contributed by atoms with E-state index in [-0.39, 0.29) is 18.0 Å². The molecule has 0 aliphatic carbocycles. The maximum atomic E-state index is 14.5. The molecule has 1 aromatic heterocycles. The molecule has 2 N–H and O–H groups in total. The lowest BCUT2D eigenvalue weighted by Gasteiger charge is -2.37. The molecule has 1 aliphatic rings. The van der Waals surface area contributed by atoms with Crippen LogP contribution in [0.5, 0.6) is 0 Å². The van der Waals surface area contributed by atoms with Gasteiger partial charge < -0.3 is 15.0 Å². The van der Waals surface area contributed by atoms with E-state index in [4.69, 9.17) is 4.74 Å². The molecule has 0 spiro atoms. The molecular weight excluding hydrogens is 307 g/mol. The van der Waals surface area contributed by atoms with Crippen LogP contribution in [0.15, 0.2) is 24.4 Å². The van der Waals surface area contributed by atoms with Gasteiger partial charge >= 0.3 is 0 Å². The first-order valence-corrected chi connectivity index (χ1v) is 8.41. The van der Waals surface area contributed by atoms with Gasteiger partial charge in [0, 0.05) is 37.4 Å². The summed E-state index contributed by atoms with van der Waals surface area (Å²) in [6.07, 6.45) is 2.05.